The topological polar surface area (TPSA) is 6.48 Å². The van der Waals surface area contributed by atoms with Crippen molar-refractivity contribution in [2.75, 3.05) is 26.2 Å². The largest absolute Gasteiger partial charge is 0.300 e. The van der Waals surface area contributed by atoms with E-state index < -0.39 is 0 Å². The van der Waals surface area contributed by atoms with Crippen LogP contribution < -0.4 is 0 Å². The van der Waals surface area contributed by atoms with E-state index in [4.69, 9.17) is 11.6 Å². The summed E-state index contributed by atoms with van der Waals surface area (Å²) in [7, 11) is 0. The second kappa shape index (κ2) is 6.22. The Labute approximate surface area is 164 Å². The second-order valence-electron chi connectivity index (χ2n) is 10.6. The van der Waals surface area contributed by atoms with Gasteiger partial charge >= 0.3 is 0 Å². The van der Waals surface area contributed by atoms with Crippen molar-refractivity contribution >= 4 is 11.6 Å². The van der Waals surface area contributed by atoms with Gasteiger partial charge in [0.2, 0.25) is 0 Å². The number of alkyl halides is 1. The number of piperazine rings is 1. The van der Waals surface area contributed by atoms with Crippen molar-refractivity contribution in [1.82, 2.24) is 9.80 Å². The highest BCUT2D eigenvalue weighted by Gasteiger charge is 2.67. The van der Waals surface area contributed by atoms with E-state index in [2.05, 4.69) is 68.7 Å². The number of halogens is 1. The van der Waals surface area contributed by atoms with Crippen LogP contribution in [0.3, 0.4) is 0 Å². The Morgan fingerprint density at radius 1 is 1.12 bits per heavy atom. The molecule has 0 aromatic heterocycles. The zero-order valence-corrected chi connectivity index (χ0v) is 17.9. The van der Waals surface area contributed by atoms with Crippen LogP contribution in [0, 0.1) is 5.41 Å². The zero-order chi connectivity index (χ0) is 18.7. The lowest BCUT2D eigenvalue weighted by atomic mass is 9.43. The van der Waals surface area contributed by atoms with E-state index in [-0.39, 0.29) is 10.4 Å². The Morgan fingerprint density at radius 2 is 1.77 bits per heavy atom. The Balaban J connectivity index is 1.57. The molecule has 2 bridgehead atoms. The Morgan fingerprint density at radius 3 is 2.35 bits per heavy atom. The summed E-state index contributed by atoms with van der Waals surface area (Å²) < 4.78 is 0. The first-order chi connectivity index (χ1) is 12.1. The summed E-state index contributed by atoms with van der Waals surface area (Å²) in [4.78, 5) is 5.66. The summed E-state index contributed by atoms with van der Waals surface area (Å²) >= 11 is 6.51. The molecule has 0 amide bonds. The molecular weight excluding hydrogens is 340 g/mol. The molecule has 0 N–H and O–H groups in total. The molecule has 1 saturated heterocycles. The Bertz CT molecular complexity index is 655. The van der Waals surface area contributed by atoms with E-state index in [1.807, 2.05) is 0 Å². The maximum atomic E-state index is 6.51. The van der Waals surface area contributed by atoms with Crippen LogP contribution in [0.1, 0.15) is 77.0 Å². The number of rotatable bonds is 4. The van der Waals surface area contributed by atoms with Crippen molar-refractivity contribution in [3.05, 3.63) is 35.4 Å². The van der Waals surface area contributed by atoms with Gasteiger partial charge in [-0.1, -0.05) is 38.1 Å². The van der Waals surface area contributed by atoms with Gasteiger partial charge in [0.05, 0.1) is 0 Å². The molecule has 1 heterocycles. The van der Waals surface area contributed by atoms with Gasteiger partial charge in [-0.25, -0.2) is 0 Å². The lowest BCUT2D eigenvalue weighted by Crippen LogP contribution is -2.68. The van der Waals surface area contributed by atoms with Gasteiger partial charge in [0, 0.05) is 42.6 Å². The fraction of sp³-hybridized carbons (Fsp3) is 0.739. The maximum absolute atomic E-state index is 6.51. The monoisotopic (exact) mass is 374 g/mol. The molecule has 3 heteroatoms. The van der Waals surface area contributed by atoms with E-state index >= 15 is 0 Å². The highest BCUT2D eigenvalue weighted by Crippen LogP contribution is 2.71. The lowest BCUT2D eigenvalue weighted by Gasteiger charge is -2.69. The standard InChI is InChI=1S/C23H35ClN2/c1-17(2)18-8-6-7-9-19(18)20-12-25(10-11-26(20)21(3,4)5)16-22-13-23(24,14-22)15-22/h6-9,17,20H,10-16H2,1-5H3. The van der Waals surface area contributed by atoms with Gasteiger partial charge in [-0.2, -0.15) is 0 Å². The third kappa shape index (κ3) is 3.23. The number of benzene rings is 1. The average Bonchev–Trinajstić information content (AvgIpc) is 2.51. The van der Waals surface area contributed by atoms with E-state index in [1.54, 1.807) is 0 Å². The average molecular weight is 375 g/mol. The van der Waals surface area contributed by atoms with Gasteiger partial charge in [0.1, 0.15) is 0 Å². The van der Waals surface area contributed by atoms with Crippen molar-refractivity contribution in [3.8, 4) is 0 Å². The fourth-order valence-electron chi connectivity index (χ4n) is 5.90. The summed E-state index contributed by atoms with van der Waals surface area (Å²) in [6.07, 6.45) is 3.73. The summed E-state index contributed by atoms with van der Waals surface area (Å²) in [5, 5.41) is 0. The van der Waals surface area contributed by atoms with E-state index in [9.17, 15) is 0 Å². The van der Waals surface area contributed by atoms with Crippen molar-refractivity contribution < 1.29 is 0 Å². The molecule has 4 fully saturated rings. The first-order valence-corrected chi connectivity index (χ1v) is 10.8. The van der Waals surface area contributed by atoms with Crippen molar-refractivity contribution in [2.45, 2.75) is 76.3 Å². The van der Waals surface area contributed by atoms with Crippen molar-refractivity contribution in [3.63, 3.8) is 0 Å². The Kier molecular flexibility index (Phi) is 4.49. The molecule has 144 valence electrons. The zero-order valence-electron chi connectivity index (χ0n) is 17.2. The molecule has 3 saturated carbocycles. The molecule has 1 unspecified atom stereocenters. The molecule has 1 aliphatic heterocycles. The normalized spacial score (nSPS) is 35.3. The van der Waals surface area contributed by atoms with Crippen LogP contribution in [0.15, 0.2) is 24.3 Å². The highest BCUT2D eigenvalue weighted by atomic mass is 35.5. The van der Waals surface area contributed by atoms with Crippen LogP contribution in [0.4, 0.5) is 0 Å². The van der Waals surface area contributed by atoms with Crippen LogP contribution in [-0.4, -0.2) is 46.4 Å². The molecular formula is C23H35ClN2. The fourth-order valence-corrected chi connectivity index (χ4v) is 6.75. The molecule has 1 atom stereocenters. The quantitative estimate of drug-likeness (QED) is 0.648. The van der Waals surface area contributed by atoms with Gasteiger partial charge in [-0.3, -0.25) is 9.80 Å². The molecule has 4 aliphatic rings. The number of hydrogen-bond acceptors (Lipinski definition) is 2. The molecule has 0 radical (unpaired) electrons. The van der Waals surface area contributed by atoms with Crippen molar-refractivity contribution in [1.29, 1.82) is 0 Å². The first-order valence-electron chi connectivity index (χ1n) is 10.4. The highest BCUT2D eigenvalue weighted by molar-refractivity contribution is 6.26. The summed E-state index contributed by atoms with van der Waals surface area (Å²) in [5.74, 6) is 0.567. The molecule has 1 aromatic carbocycles. The van der Waals surface area contributed by atoms with Gasteiger partial charge in [0.15, 0.2) is 0 Å². The number of nitrogens with zero attached hydrogens (tertiary/aromatic N) is 2. The second-order valence-corrected chi connectivity index (χ2v) is 11.4. The van der Waals surface area contributed by atoms with Gasteiger partial charge in [-0.15, -0.1) is 11.6 Å². The molecule has 1 aromatic rings. The SMILES string of the molecule is CC(C)c1ccccc1C1CN(CC23CC(Cl)(C2)C3)CCN1C(C)(C)C. The number of hydrogen-bond donors (Lipinski definition) is 0. The first kappa shape index (κ1) is 18.8. The van der Waals surface area contributed by atoms with Gasteiger partial charge < -0.3 is 0 Å². The summed E-state index contributed by atoms with van der Waals surface area (Å²) in [6, 6.07) is 9.61. The minimum Gasteiger partial charge on any atom is -0.300 e. The summed E-state index contributed by atoms with van der Waals surface area (Å²) in [5.41, 5.74) is 3.79. The Hall–Kier alpha value is -0.570. The predicted octanol–water partition coefficient (Wildman–Crippen LogP) is 5.43. The maximum Gasteiger partial charge on any atom is 0.0483 e. The van der Waals surface area contributed by atoms with Crippen LogP contribution in [-0.2, 0) is 0 Å². The third-order valence-corrected chi connectivity index (χ3v) is 7.34. The van der Waals surface area contributed by atoms with Crippen molar-refractivity contribution in [2.24, 2.45) is 5.41 Å². The van der Waals surface area contributed by atoms with E-state index in [0.29, 0.717) is 17.4 Å². The molecule has 2 nitrogen and oxygen atoms in total. The lowest BCUT2D eigenvalue weighted by molar-refractivity contribution is -0.115. The minimum atomic E-state index is 0.191. The van der Waals surface area contributed by atoms with Crippen LogP contribution >= 0.6 is 11.6 Å². The third-order valence-electron chi connectivity index (χ3n) is 6.94. The van der Waals surface area contributed by atoms with Gasteiger partial charge in [0.25, 0.3) is 0 Å². The van der Waals surface area contributed by atoms with Crippen LogP contribution in [0.25, 0.3) is 0 Å². The van der Waals surface area contributed by atoms with E-state index in [0.717, 1.165) is 13.1 Å². The predicted molar refractivity (Wildman–Crippen MR) is 111 cm³/mol. The molecule has 5 rings (SSSR count). The minimum absolute atomic E-state index is 0.191. The van der Waals surface area contributed by atoms with Gasteiger partial charge in [-0.05, 0) is 62.5 Å². The van der Waals surface area contributed by atoms with E-state index in [1.165, 1.54) is 43.5 Å². The van der Waals surface area contributed by atoms with Crippen LogP contribution in [0.5, 0.6) is 0 Å². The van der Waals surface area contributed by atoms with Crippen LogP contribution in [0.2, 0.25) is 0 Å². The summed E-state index contributed by atoms with van der Waals surface area (Å²) in [6.45, 7) is 16.5. The molecule has 3 aliphatic carbocycles. The molecule has 26 heavy (non-hydrogen) atoms. The molecule has 0 spiro atoms. The smallest absolute Gasteiger partial charge is 0.0483 e.